The lowest BCUT2D eigenvalue weighted by Gasteiger charge is -2.22. The molecule has 2 rings (SSSR count). The topological polar surface area (TPSA) is 77.8 Å². The minimum atomic E-state index is -1.07. The fourth-order valence-corrected chi connectivity index (χ4v) is 3.90. The summed E-state index contributed by atoms with van der Waals surface area (Å²) in [4.78, 5) is 25.5. The van der Waals surface area contributed by atoms with Crippen molar-refractivity contribution < 1.29 is 19.8 Å². The second kappa shape index (κ2) is 7.85. The van der Waals surface area contributed by atoms with E-state index < -0.39 is 17.9 Å². The maximum absolute atomic E-state index is 12.5. The lowest BCUT2D eigenvalue weighted by atomic mass is 10.1. The van der Waals surface area contributed by atoms with Gasteiger partial charge in [-0.05, 0) is 30.6 Å². The Bertz CT molecular complexity index is 674. The molecule has 122 valence electrons. The van der Waals surface area contributed by atoms with Crippen molar-refractivity contribution in [3.63, 3.8) is 0 Å². The van der Waals surface area contributed by atoms with Crippen LogP contribution in [-0.4, -0.2) is 49.4 Å². The number of phenols is 1. The van der Waals surface area contributed by atoms with E-state index in [4.69, 9.17) is 12.2 Å². The number of para-hydroxylation sites is 1. The minimum absolute atomic E-state index is 0.0509. The van der Waals surface area contributed by atoms with Crippen LogP contribution in [0.25, 0.3) is 6.08 Å². The number of aliphatic carboxylic acids is 1. The van der Waals surface area contributed by atoms with Crippen LogP contribution in [0, 0.1) is 0 Å². The number of carboxylic acids is 1. The summed E-state index contributed by atoms with van der Waals surface area (Å²) in [6.45, 7) is 0. The van der Waals surface area contributed by atoms with Gasteiger partial charge in [0.2, 0.25) is 0 Å². The van der Waals surface area contributed by atoms with Crippen molar-refractivity contribution in [2.24, 2.45) is 0 Å². The number of rotatable bonds is 6. The first-order chi connectivity index (χ1) is 11.0. The van der Waals surface area contributed by atoms with E-state index in [2.05, 4.69) is 0 Å². The minimum Gasteiger partial charge on any atom is -0.507 e. The van der Waals surface area contributed by atoms with Crippen molar-refractivity contribution in [1.82, 2.24) is 4.90 Å². The van der Waals surface area contributed by atoms with Gasteiger partial charge in [-0.15, -0.1) is 0 Å². The third kappa shape index (κ3) is 4.07. The van der Waals surface area contributed by atoms with Gasteiger partial charge in [0.15, 0.2) is 0 Å². The van der Waals surface area contributed by atoms with Crippen LogP contribution in [0.1, 0.15) is 12.0 Å². The maximum atomic E-state index is 12.5. The number of thioether (sulfide) groups is 2. The van der Waals surface area contributed by atoms with Crippen molar-refractivity contribution in [2.75, 3.05) is 12.0 Å². The lowest BCUT2D eigenvalue weighted by molar-refractivity contribution is -0.145. The Hall–Kier alpha value is -1.51. The number of nitrogens with zero attached hydrogens (tertiary/aromatic N) is 1. The van der Waals surface area contributed by atoms with E-state index in [1.54, 1.807) is 18.2 Å². The van der Waals surface area contributed by atoms with Gasteiger partial charge in [0, 0.05) is 5.56 Å². The molecule has 23 heavy (non-hydrogen) atoms. The van der Waals surface area contributed by atoms with E-state index in [-0.39, 0.29) is 10.1 Å². The van der Waals surface area contributed by atoms with Crippen molar-refractivity contribution in [3.05, 3.63) is 34.7 Å². The summed E-state index contributed by atoms with van der Waals surface area (Å²) < 4.78 is 0.227. The lowest BCUT2D eigenvalue weighted by Crippen LogP contribution is -2.44. The predicted octanol–water partition coefficient (Wildman–Crippen LogP) is 2.80. The Balaban J connectivity index is 2.29. The Morgan fingerprint density at radius 1 is 1.48 bits per heavy atom. The van der Waals surface area contributed by atoms with E-state index in [1.807, 2.05) is 6.26 Å². The summed E-state index contributed by atoms with van der Waals surface area (Å²) in [7, 11) is 0. The van der Waals surface area contributed by atoms with Gasteiger partial charge in [0.05, 0.1) is 4.91 Å². The van der Waals surface area contributed by atoms with Gasteiger partial charge in [-0.3, -0.25) is 9.69 Å². The molecule has 1 fully saturated rings. The van der Waals surface area contributed by atoms with Crippen molar-refractivity contribution in [2.45, 2.75) is 12.5 Å². The Labute approximate surface area is 147 Å². The van der Waals surface area contributed by atoms with Gasteiger partial charge in [-0.2, -0.15) is 11.8 Å². The van der Waals surface area contributed by atoms with Crippen LogP contribution < -0.4 is 0 Å². The van der Waals surface area contributed by atoms with Crippen LogP contribution in [0.15, 0.2) is 29.2 Å². The molecule has 0 saturated carbocycles. The molecule has 1 aliphatic heterocycles. The summed E-state index contributed by atoms with van der Waals surface area (Å²) in [5, 5.41) is 19.2. The van der Waals surface area contributed by atoms with Crippen LogP contribution in [0.4, 0.5) is 0 Å². The number of phenolic OH excluding ortho intramolecular Hbond substituents is 1. The SMILES string of the molecule is CSCC[C@H](C(=O)O)N1C(=O)/C(=C\c2ccccc2O)SC1=S. The number of aromatic hydroxyl groups is 1. The zero-order valence-corrected chi connectivity index (χ0v) is 14.7. The van der Waals surface area contributed by atoms with E-state index >= 15 is 0 Å². The van der Waals surface area contributed by atoms with E-state index in [9.17, 15) is 19.8 Å². The highest BCUT2D eigenvalue weighted by Gasteiger charge is 2.40. The number of hydrogen-bond acceptors (Lipinski definition) is 6. The smallest absolute Gasteiger partial charge is 0.326 e. The van der Waals surface area contributed by atoms with Gasteiger partial charge >= 0.3 is 5.97 Å². The molecule has 0 bridgehead atoms. The number of thiocarbonyl (C=S) groups is 1. The molecule has 1 heterocycles. The molecular formula is C15H15NO4S3. The van der Waals surface area contributed by atoms with Gasteiger partial charge in [-0.1, -0.05) is 42.2 Å². The molecule has 1 amide bonds. The second-order valence-electron chi connectivity index (χ2n) is 4.75. The standard InChI is InChI=1S/C15H15NO4S3/c1-22-7-6-10(14(19)20)16-13(18)12(23-15(16)21)8-9-4-2-3-5-11(9)17/h2-5,8,10,17H,6-7H2,1H3,(H,19,20)/b12-8+/t10-/m1/s1. The molecule has 1 aromatic rings. The summed E-state index contributed by atoms with van der Waals surface area (Å²) in [5.41, 5.74) is 0.490. The van der Waals surface area contributed by atoms with Crippen LogP contribution >= 0.6 is 35.7 Å². The molecule has 0 radical (unpaired) electrons. The quantitative estimate of drug-likeness (QED) is 0.590. The highest BCUT2D eigenvalue weighted by molar-refractivity contribution is 8.26. The zero-order valence-electron chi connectivity index (χ0n) is 12.3. The summed E-state index contributed by atoms with van der Waals surface area (Å²) in [6, 6.07) is 5.64. The van der Waals surface area contributed by atoms with E-state index in [0.29, 0.717) is 22.6 Å². The van der Waals surface area contributed by atoms with Crippen LogP contribution in [0.3, 0.4) is 0 Å². The first-order valence-electron chi connectivity index (χ1n) is 6.72. The highest BCUT2D eigenvalue weighted by atomic mass is 32.2. The number of benzene rings is 1. The molecule has 0 spiro atoms. The molecule has 1 atom stereocenters. The van der Waals surface area contributed by atoms with Gasteiger partial charge in [0.1, 0.15) is 16.1 Å². The molecule has 0 unspecified atom stereocenters. The molecule has 1 aliphatic rings. The molecule has 0 aliphatic carbocycles. The number of carbonyl (C=O) groups excluding carboxylic acids is 1. The highest BCUT2D eigenvalue weighted by Crippen LogP contribution is 2.35. The average molecular weight is 369 g/mol. The predicted molar refractivity (Wildman–Crippen MR) is 97.5 cm³/mol. The van der Waals surface area contributed by atoms with Gasteiger partial charge in [0.25, 0.3) is 5.91 Å². The molecule has 2 N–H and O–H groups in total. The first kappa shape index (κ1) is 17.8. The van der Waals surface area contributed by atoms with Gasteiger partial charge < -0.3 is 10.2 Å². The normalized spacial score (nSPS) is 17.8. The Morgan fingerprint density at radius 3 is 2.78 bits per heavy atom. The molecule has 5 nitrogen and oxygen atoms in total. The van der Waals surface area contributed by atoms with Crippen molar-refractivity contribution in [3.8, 4) is 5.75 Å². The summed E-state index contributed by atoms with van der Waals surface area (Å²) in [6.07, 6.45) is 3.73. The largest absolute Gasteiger partial charge is 0.507 e. The fourth-order valence-electron chi connectivity index (χ4n) is 2.09. The Morgan fingerprint density at radius 2 is 2.17 bits per heavy atom. The molecule has 0 aromatic heterocycles. The summed E-state index contributed by atoms with van der Waals surface area (Å²) >= 11 is 7.75. The number of carbonyl (C=O) groups is 2. The third-order valence-electron chi connectivity index (χ3n) is 3.24. The summed E-state index contributed by atoms with van der Waals surface area (Å²) in [5.74, 6) is -0.835. The zero-order chi connectivity index (χ0) is 17.0. The molecule has 8 heteroatoms. The van der Waals surface area contributed by atoms with Gasteiger partial charge in [-0.25, -0.2) is 4.79 Å². The first-order valence-corrected chi connectivity index (χ1v) is 9.34. The monoisotopic (exact) mass is 369 g/mol. The number of hydrogen-bond donors (Lipinski definition) is 2. The van der Waals surface area contributed by atoms with Crippen molar-refractivity contribution >= 4 is 58.0 Å². The van der Waals surface area contributed by atoms with Crippen LogP contribution in [-0.2, 0) is 9.59 Å². The van der Waals surface area contributed by atoms with Crippen LogP contribution in [0.5, 0.6) is 5.75 Å². The fraction of sp³-hybridized carbons (Fsp3) is 0.267. The number of carboxylic acid groups (broad SMARTS) is 1. The molecular weight excluding hydrogens is 354 g/mol. The van der Waals surface area contributed by atoms with Crippen LogP contribution in [0.2, 0.25) is 0 Å². The average Bonchev–Trinajstić information content (AvgIpc) is 2.77. The molecule has 1 aromatic carbocycles. The van der Waals surface area contributed by atoms with E-state index in [1.165, 1.54) is 23.9 Å². The Kier molecular flexibility index (Phi) is 6.09. The molecule has 1 saturated heterocycles. The maximum Gasteiger partial charge on any atom is 0.326 e. The van der Waals surface area contributed by atoms with E-state index in [0.717, 1.165) is 16.7 Å². The third-order valence-corrected chi connectivity index (χ3v) is 5.21. The van der Waals surface area contributed by atoms with Crippen molar-refractivity contribution in [1.29, 1.82) is 0 Å². The number of amides is 1. The second-order valence-corrected chi connectivity index (χ2v) is 7.41.